The number of amides is 3. The molecule has 2 aliphatic rings. The minimum absolute atomic E-state index is 0.0346. The molecular formula is C29H41BN6O3. The highest BCUT2D eigenvalue weighted by molar-refractivity contribution is 6.36. The predicted molar refractivity (Wildman–Crippen MR) is 157 cm³/mol. The molecule has 0 aromatic heterocycles. The third-order valence-electron chi connectivity index (χ3n) is 7.75. The number of methoxy groups -OCH3 is 1. The number of carbonyl (C=O) groups is 2. The van der Waals surface area contributed by atoms with Crippen LogP contribution in [-0.4, -0.2) is 94.0 Å². The maximum Gasteiger partial charge on any atom is 0.322 e. The zero-order valence-electron chi connectivity index (χ0n) is 23.5. The molecule has 10 heteroatoms. The largest absolute Gasteiger partial charge is 0.497 e. The van der Waals surface area contributed by atoms with Crippen LogP contribution in [0.5, 0.6) is 5.75 Å². The van der Waals surface area contributed by atoms with Crippen molar-refractivity contribution < 1.29 is 14.3 Å². The van der Waals surface area contributed by atoms with Crippen LogP contribution >= 0.6 is 0 Å². The normalized spacial score (nSPS) is 16.5. The second kappa shape index (κ2) is 13.2. The van der Waals surface area contributed by atoms with Crippen molar-refractivity contribution in [2.45, 2.75) is 45.2 Å². The molecule has 39 heavy (non-hydrogen) atoms. The molecule has 4 N–H and O–H groups in total. The first-order valence-electron chi connectivity index (χ1n) is 13.9. The van der Waals surface area contributed by atoms with Crippen LogP contribution in [0.15, 0.2) is 30.3 Å². The Morgan fingerprint density at radius 1 is 1.23 bits per heavy atom. The maximum absolute atomic E-state index is 13.0. The summed E-state index contributed by atoms with van der Waals surface area (Å²) >= 11 is 0. The SMILES string of the molecule is [B]c1cc(C(=O)NCCN2CCC(N3CCc4cc(OC)ccc4NC3=O)CC2)cc(CN(C)CCC)c1N. The molecule has 2 heterocycles. The zero-order chi connectivity index (χ0) is 27.9. The molecule has 4 rings (SSSR count). The molecule has 0 aliphatic carbocycles. The summed E-state index contributed by atoms with van der Waals surface area (Å²) < 4.78 is 5.34. The van der Waals surface area contributed by atoms with Crippen LogP contribution in [0.1, 0.15) is 47.7 Å². The number of nitrogen functional groups attached to an aromatic ring is 1. The molecule has 2 radical (unpaired) electrons. The number of rotatable bonds is 10. The summed E-state index contributed by atoms with van der Waals surface area (Å²) in [7, 11) is 9.80. The van der Waals surface area contributed by atoms with Gasteiger partial charge in [-0.2, -0.15) is 0 Å². The van der Waals surface area contributed by atoms with Gasteiger partial charge in [0.15, 0.2) is 0 Å². The van der Waals surface area contributed by atoms with E-state index in [1.165, 1.54) is 0 Å². The Kier molecular flexibility index (Phi) is 9.75. The minimum Gasteiger partial charge on any atom is -0.497 e. The Labute approximate surface area is 233 Å². The molecule has 0 atom stereocenters. The molecule has 1 saturated heterocycles. The van der Waals surface area contributed by atoms with E-state index in [2.05, 4.69) is 27.4 Å². The molecule has 3 amide bonds. The van der Waals surface area contributed by atoms with Crippen LogP contribution in [-0.2, 0) is 13.0 Å². The van der Waals surface area contributed by atoms with E-state index < -0.39 is 0 Å². The van der Waals surface area contributed by atoms with Gasteiger partial charge in [-0.05, 0) is 74.7 Å². The van der Waals surface area contributed by atoms with Crippen molar-refractivity contribution in [3.63, 3.8) is 0 Å². The minimum atomic E-state index is -0.145. The number of nitrogens with one attached hydrogen (secondary N) is 2. The first-order chi connectivity index (χ1) is 18.8. The van der Waals surface area contributed by atoms with Crippen molar-refractivity contribution >= 4 is 36.6 Å². The van der Waals surface area contributed by atoms with Crippen LogP contribution in [0.25, 0.3) is 0 Å². The summed E-state index contributed by atoms with van der Waals surface area (Å²) in [5.41, 5.74) is 10.5. The van der Waals surface area contributed by atoms with E-state index in [4.69, 9.17) is 18.3 Å². The Balaban J connectivity index is 1.24. The summed E-state index contributed by atoms with van der Waals surface area (Å²) in [6, 6.07) is 9.46. The van der Waals surface area contributed by atoms with Gasteiger partial charge in [-0.3, -0.25) is 4.79 Å². The molecular weight excluding hydrogens is 491 g/mol. The van der Waals surface area contributed by atoms with Crippen molar-refractivity contribution in [1.82, 2.24) is 20.0 Å². The lowest BCUT2D eigenvalue weighted by atomic mass is 9.89. The Morgan fingerprint density at radius 3 is 2.72 bits per heavy atom. The number of hydrogen-bond donors (Lipinski definition) is 3. The summed E-state index contributed by atoms with van der Waals surface area (Å²) in [6.07, 6.45) is 3.65. The first-order valence-corrected chi connectivity index (χ1v) is 13.9. The van der Waals surface area contributed by atoms with Crippen LogP contribution in [0.2, 0.25) is 0 Å². The number of benzene rings is 2. The van der Waals surface area contributed by atoms with Crippen LogP contribution < -0.4 is 26.6 Å². The highest BCUT2D eigenvalue weighted by atomic mass is 16.5. The molecule has 208 valence electrons. The van der Waals surface area contributed by atoms with Gasteiger partial charge in [-0.25, -0.2) is 4.79 Å². The molecule has 0 unspecified atom stereocenters. The molecule has 1 fully saturated rings. The number of piperidine rings is 1. The fraction of sp³-hybridized carbons (Fsp3) is 0.517. The van der Waals surface area contributed by atoms with Gasteiger partial charge < -0.3 is 35.8 Å². The number of nitrogens with zero attached hydrogens (tertiary/aromatic N) is 3. The van der Waals surface area contributed by atoms with E-state index in [0.717, 1.165) is 74.4 Å². The monoisotopic (exact) mass is 532 g/mol. The number of ether oxygens (including phenoxy) is 1. The van der Waals surface area contributed by atoms with Gasteiger partial charge in [-0.15, -0.1) is 0 Å². The summed E-state index contributed by atoms with van der Waals surface area (Å²) in [5.74, 6) is 0.658. The Morgan fingerprint density at radius 2 is 2.00 bits per heavy atom. The third kappa shape index (κ3) is 7.25. The number of likely N-dealkylation sites (tertiary alicyclic amines) is 1. The first kappa shape index (κ1) is 28.8. The van der Waals surface area contributed by atoms with Crippen LogP contribution in [0, 0.1) is 0 Å². The quantitative estimate of drug-likeness (QED) is 0.320. The van der Waals surface area contributed by atoms with Crippen LogP contribution in [0.3, 0.4) is 0 Å². The lowest BCUT2D eigenvalue weighted by Crippen LogP contribution is -2.49. The van der Waals surface area contributed by atoms with Gasteiger partial charge in [-0.1, -0.05) is 18.5 Å². The fourth-order valence-corrected chi connectivity index (χ4v) is 5.54. The molecule has 0 spiro atoms. The average Bonchev–Trinajstić information content (AvgIpc) is 3.09. The van der Waals surface area contributed by atoms with Crippen molar-refractivity contribution in [3.05, 3.63) is 47.0 Å². The highest BCUT2D eigenvalue weighted by Crippen LogP contribution is 2.27. The summed E-state index contributed by atoms with van der Waals surface area (Å²) in [4.78, 5) is 32.3. The van der Waals surface area contributed by atoms with E-state index in [1.807, 2.05) is 36.2 Å². The molecule has 9 nitrogen and oxygen atoms in total. The van der Waals surface area contributed by atoms with E-state index in [0.29, 0.717) is 36.3 Å². The van der Waals surface area contributed by atoms with Gasteiger partial charge in [0.2, 0.25) is 0 Å². The third-order valence-corrected chi connectivity index (χ3v) is 7.75. The second-order valence-electron chi connectivity index (χ2n) is 10.6. The van der Waals surface area contributed by atoms with Crippen molar-refractivity contribution in [2.24, 2.45) is 0 Å². The van der Waals surface area contributed by atoms with Crippen molar-refractivity contribution in [3.8, 4) is 5.75 Å². The van der Waals surface area contributed by atoms with E-state index >= 15 is 0 Å². The van der Waals surface area contributed by atoms with Gasteiger partial charge in [0.05, 0.1) is 7.11 Å². The standard InChI is InChI=1S/C29H41BN6O3/c1-4-11-34(2)19-22-16-21(18-25(30)27(22)31)28(37)32-10-15-35-12-8-23(9-13-35)36-14-7-20-17-24(39-3)5-6-26(20)33-29(36)38/h5-6,16-18,23H,4,7-15,19,31H2,1-3H3,(H,32,37)(H,33,38). The Hall–Kier alpha value is -3.24. The number of hydrogen-bond acceptors (Lipinski definition) is 6. The highest BCUT2D eigenvalue weighted by Gasteiger charge is 2.30. The predicted octanol–water partition coefficient (Wildman–Crippen LogP) is 2.20. The van der Waals surface area contributed by atoms with E-state index in [9.17, 15) is 9.59 Å². The fourth-order valence-electron chi connectivity index (χ4n) is 5.54. The second-order valence-corrected chi connectivity index (χ2v) is 10.6. The molecule has 2 aromatic carbocycles. The topological polar surface area (TPSA) is 103 Å². The van der Waals surface area contributed by atoms with Gasteiger partial charge in [0, 0.05) is 62.2 Å². The number of anilines is 2. The lowest BCUT2D eigenvalue weighted by Gasteiger charge is -2.38. The summed E-state index contributed by atoms with van der Waals surface area (Å²) in [6.45, 7) is 7.47. The average molecular weight is 532 g/mol. The Bertz CT molecular complexity index is 1170. The number of urea groups is 1. The molecule has 0 saturated carbocycles. The number of nitrogens with two attached hydrogens (primary N) is 1. The smallest absolute Gasteiger partial charge is 0.322 e. The van der Waals surface area contributed by atoms with E-state index in [-0.39, 0.29) is 18.0 Å². The number of fused-ring (bicyclic) bond motifs is 1. The van der Waals surface area contributed by atoms with Crippen LogP contribution in [0.4, 0.5) is 16.2 Å². The number of carbonyl (C=O) groups excluding carboxylic acids is 2. The zero-order valence-corrected chi connectivity index (χ0v) is 23.5. The van der Waals surface area contributed by atoms with Crippen molar-refractivity contribution in [1.29, 1.82) is 0 Å². The van der Waals surface area contributed by atoms with E-state index in [1.54, 1.807) is 13.2 Å². The van der Waals surface area contributed by atoms with Gasteiger partial charge >= 0.3 is 6.03 Å². The molecule has 2 aliphatic heterocycles. The van der Waals surface area contributed by atoms with Crippen molar-refractivity contribution in [2.75, 3.05) is 64.5 Å². The molecule has 0 bridgehead atoms. The van der Waals surface area contributed by atoms with Gasteiger partial charge in [0.25, 0.3) is 5.91 Å². The summed E-state index contributed by atoms with van der Waals surface area (Å²) in [5, 5.41) is 6.11. The van der Waals surface area contributed by atoms with Gasteiger partial charge in [0.1, 0.15) is 13.6 Å². The maximum atomic E-state index is 13.0. The lowest BCUT2D eigenvalue weighted by molar-refractivity contribution is 0.0937. The molecule has 2 aromatic rings.